The van der Waals surface area contributed by atoms with Gasteiger partial charge in [0.15, 0.2) is 0 Å². The Balaban J connectivity index is 0.00000120. The number of benzene rings is 1. The summed E-state index contributed by atoms with van der Waals surface area (Å²) in [4.78, 5) is 0. The smallest absolute Gasteiger partial charge is 0.00325 e. The summed E-state index contributed by atoms with van der Waals surface area (Å²) in [5.41, 5.74) is 6.50. The van der Waals surface area contributed by atoms with Crippen LogP contribution in [0.25, 0.3) is 6.08 Å². The van der Waals surface area contributed by atoms with Crippen molar-refractivity contribution in [3.05, 3.63) is 40.5 Å². The normalized spacial score (nSPS) is 20.5. The van der Waals surface area contributed by atoms with Crippen LogP contribution in [0.3, 0.4) is 0 Å². The van der Waals surface area contributed by atoms with E-state index in [1.54, 1.807) is 16.7 Å². The topological polar surface area (TPSA) is 0 Å². The summed E-state index contributed by atoms with van der Waals surface area (Å²) in [6.07, 6.45) is 11.5. The van der Waals surface area contributed by atoms with E-state index >= 15 is 0 Å². The van der Waals surface area contributed by atoms with E-state index < -0.39 is 0 Å². The number of allylic oxidation sites excluding steroid dienone is 1. The van der Waals surface area contributed by atoms with Crippen molar-refractivity contribution in [1.82, 2.24) is 0 Å². The predicted molar refractivity (Wildman–Crippen MR) is 74.3 cm³/mol. The van der Waals surface area contributed by atoms with Crippen LogP contribution in [-0.4, -0.2) is 0 Å². The standard InChI is InChI=1S/C17H22.Hf/c1-12(2)11-15-10-9-14-8-7-13-5-3-4-6-16(13)17(14)15;/h7-10,12,15H,3-6,11H2,1-2H3;. The SMILES string of the molecule is CC(C)CC1C=Cc2ccc3c(c21)CCCC3.[Hf]. The second kappa shape index (κ2) is 5.86. The fourth-order valence-electron chi connectivity index (χ4n) is 3.48. The van der Waals surface area contributed by atoms with Crippen molar-refractivity contribution in [2.75, 3.05) is 0 Å². The maximum Gasteiger partial charge on any atom is 0.00325 e. The van der Waals surface area contributed by atoms with Gasteiger partial charge in [0.1, 0.15) is 0 Å². The van der Waals surface area contributed by atoms with E-state index in [0.29, 0.717) is 5.92 Å². The van der Waals surface area contributed by atoms with Crippen molar-refractivity contribution in [2.45, 2.75) is 51.9 Å². The van der Waals surface area contributed by atoms with E-state index in [1.807, 2.05) is 0 Å². The number of rotatable bonds is 2. The van der Waals surface area contributed by atoms with E-state index in [9.17, 15) is 0 Å². The van der Waals surface area contributed by atoms with Crippen LogP contribution in [0.2, 0.25) is 0 Å². The minimum Gasteiger partial charge on any atom is -0.0764 e. The van der Waals surface area contributed by atoms with E-state index in [-0.39, 0.29) is 25.8 Å². The van der Waals surface area contributed by atoms with Gasteiger partial charge in [0.25, 0.3) is 0 Å². The molecular weight excluding hydrogens is 383 g/mol. The first-order chi connectivity index (χ1) is 8.25. The summed E-state index contributed by atoms with van der Waals surface area (Å²) >= 11 is 0. The van der Waals surface area contributed by atoms with Gasteiger partial charge < -0.3 is 0 Å². The first kappa shape index (κ1) is 14.2. The zero-order valence-corrected chi connectivity index (χ0v) is 15.1. The Morgan fingerprint density at radius 3 is 2.72 bits per heavy atom. The molecule has 3 rings (SSSR count). The molecule has 1 atom stereocenters. The summed E-state index contributed by atoms with van der Waals surface area (Å²) in [7, 11) is 0. The minimum atomic E-state index is 0. The maximum atomic E-state index is 2.43. The second-order valence-electron chi connectivity index (χ2n) is 6.01. The van der Waals surface area contributed by atoms with E-state index in [0.717, 1.165) is 5.92 Å². The molecule has 0 nitrogen and oxygen atoms in total. The quantitative estimate of drug-likeness (QED) is 0.626. The van der Waals surface area contributed by atoms with Crippen LogP contribution in [0, 0.1) is 5.92 Å². The molecule has 0 saturated heterocycles. The third-order valence-corrected chi connectivity index (χ3v) is 4.21. The Morgan fingerprint density at radius 1 is 1.17 bits per heavy atom. The molecule has 2 aliphatic rings. The molecule has 0 spiro atoms. The molecule has 0 heterocycles. The third kappa shape index (κ3) is 2.57. The van der Waals surface area contributed by atoms with Gasteiger partial charge in [-0.15, -0.1) is 0 Å². The number of fused-ring (bicyclic) bond motifs is 3. The average Bonchev–Trinajstić information content (AvgIpc) is 2.72. The van der Waals surface area contributed by atoms with Crippen LogP contribution in [-0.2, 0) is 38.7 Å². The van der Waals surface area contributed by atoms with Crippen LogP contribution in [0.15, 0.2) is 18.2 Å². The van der Waals surface area contributed by atoms with Crippen molar-refractivity contribution in [3.8, 4) is 0 Å². The molecule has 94 valence electrons. The van der Waals surface area contributed by atoms with Gasteiger partial charge >= 0.3 is 0 Å². The molecule has 0 radical (unpaired) electrons. The van der Waals surface area contributed by atoms with Crippen LogP contribution in [0.5, 0.6) is 0 Å². The summed E-state index contributed by atoms with van der Waals surface area (Å²) < 4.78 is 0. The average molecular weight is 405 g/mol. The first-order valence-corrected chi connectivity index (χ1v) is 7.08. The van der Waals surface area contributed by atoms with Crippen molar-refractivity contribution in [2.24, 2.45) is 5.92 Å². The molecule has 18 heavy (non-hydrogen) atoms. The van der Waals surface area contributed by atoms with Crippen LogP contribution in [0.4, 0.5) is 0 Å². The summed E-state index contributed by atoms with van der Waals surface area (Å²) in [6.45, 7) is 4.67. The van der Waals surface area contributed by atoms with Gasteiger partial charge in [0, 0.05) is 31.8 Å². The Labute approximate surface area is 130 Å². The molecule has 0 aromatic heterocycles. The van der Waals surface area contributed by atoms with Crippen molar-refractivity contribution in [3.63, 3.8) is 0 Å². The summed E-state index contributed by atoms with van der Waals surface area (Å²) in [5.74, 6) is 1.48. The minimum absolute atomic E-state index is 0. The molecule has 1 aromatic carbocycles. The zero-order valence-electron chi connectivity index (χ0n) is 11.5. The van der Waals surface area contributed by atoms with Gasteiger partial charge in [-0.2, -0.15) is 0 Å². The van der Waals surface area contributed by atoms with Crippen LogP contribution in [0.1, 0.15) is 61.3 Å². The fourth-order valence-corrected chi connectivity index (χ4v) is 3.48. The van der Waals surface area contributed by atoms with Crippen LogP contribution >= 0.6 is 0 Å². The van der Waals surface area contributed by atoms with Gasteiger partial charge in [0.2, 0.25) is 0 Å². The van der Waals surface area contributed by atoms with Gasteiger partial charge in [-0.1, -0.05) is 38.1 Å². The van der Waals surface area contributed by atoms with Gasteiger partial charge in [0.05, 0.1) is 0 Å². The molecule has 0 bridgehead atoms. The molecule has 1 heteroatoms. The summed E-state index contributed by atoms with van der Waals surface area (Å²) in [6, 6.07) is 4.71. The van der Waals surface area contributed by atoms with Gasteiger partial charge in [-0.05, 0) is 60.3 Å². The molecule has 0 N–H and O–H groups in total. The maximum absolute atomic E-state index is 2.43. The summed E-state index contributed by atoms with van der Waals surface area (Å²) in [5, 5.41) is 0. The largest absolute Gasteiger partial charge is 0.0764 e. The molecule has 0 aliphatic heterocycles. The Hall–Kier alpha value is -0.170. The van der Waals surface area contributed by atoms with Crippen molar-refractivity contribution >= 4 is 6.08 Å². The molecule has 2 aliphatic carbocycles. The molecule has 0 amide bonds. The Bertz CT molecular complexity index is 457. The Morgan fingerprint density at radius 2 is 1.94 bits per heavy atom. The van der Waals surface area contributed by atoms with Gasteiger partial charge in [-0.25, -0.2) is 0 Å². The van der Waals surface area contributed by atoms with E-state index in [4.69, 9.17) is 0 Å². The fraction of sp³-hybridized carbons (Fsp3) is 0.529. The number of hydrogen-bond acceptors (Lipinski definition) is 0. The van der Waals surface area contributed by atoms with E-state index in [2.05, 4.69) is 38.1 Å². The van der Waals surface area contributed by atoms with Crippen LogP contribution < -0.4 is 0 Å². The Kier molecular flexibility index (Phi) is 4.64. The molecule has 0 saturated carbocycles. The molecule has 0 fully saturated rings. The van der Waals surface area contributed by atoms with Crippen molar-refractivity contribution in [1.29, 1.82) is 0 Å². The molecule has 1 unspecified atom stereocenters. The first-order valence-electron chi connectivity index (χ1n) is 7.08. The zero-order chi connectivity index (χ0) is 11.8. The van der Waals surface area contributed by atoms with E-state index in [1.165, 1.54) is 37.7 Å². The third-order valence-electron chi connectivity index (χ3n) is 4.21. The molecule has 1 aromatic rings. The molecular formula is C17H22Hf. The van der Waals surface area contributed by atoms with Gasteiger partial charge in [-0.3, -0.25) is 0 Å². The number of aryl methyl sites for hydroxylation is 1. The predicted octanol–water partition coefficient (Wildman–Crippen LogP) is 4.72. The van der Waals surface area contributed by atoms with Crippen molar-refractivity contribution < 1.29 is 25.8 Å². The number of hydrogen-bond donors (Lipinski definition) is 0. The second-order valence-corrected chi connectivity index (χ2v) is 6.01. The monoisotopic (exact) mass is 406 g/mol.